The first-order valence-electron chi connectivity index (χ1n) is 5.02. The average Bonchev–Trinajstić information content (AvgIpc) is 2.80. The summed E-state index contributed by atoms with van der Waals surface area (Å²) in [6.45, 7) is 0. The average molecular weight is 300 g/mol. The largest absolute Gasteiger partial charge is 0.389 e. The Morgan fingerprint density at radius 2 is 2.21 bits per heavy atom. The molecule has 2 rings (SSSR count). The molecule has 9 heteroatoms. The first-order valence-corrected chi connectivity index (χ1v) is 6.91. The number of thiocarbonyl (C=S) groups is 1. The van der Waals surface area contributed by atoms with E-state index in [0.29, 0.717) is 0 Å². The van der Waals surface area contributed by atoms with Crippen molar-refractivity contribution in [3.05, 3.63) is 42.0 Å². The van der Waals surface area contributed by atoms with Crippen LogP contribution in [0, 0.1) is 5.82 Å². The van der Waals surface area contributed by atoms with Crippen molar-refractivity contribution < 1.29 is 12.8 Å². The van der Waals surface area contributed by atoms with Crippen LogP contribution < -0.4 is 10.5 Å². The van der Waals surface area contributed by atoms with Gasteiger partial charge in [-0.2, -0.15) is 0 Å². The Morgan fingerprint density at radius 1 is 1.47 bits per heavy atom. The number of nitrogens with one attached hydrogen (secondary N) is 2. The smallest absolute Gasteiger partial charge is 0.264 e. The van der Waals surface area contributed by atoms with Gasteiger partial charge in [0.15, 0.2) is 0 Å². The number of aromatic amines is 1. The van der Waals surface area contributed by atoms with Crippen LogP contribution >= 0.6 is 12.2 Å². The van der Waals surface area contributed by atoms with Crippen LogP contribution in [0.2, 0.25) is 0 Å². The first kappa shape index (κ1) is 13.4. The number of hydrogen-bond acceptors (Lipinski definition) is 4. The lowest BCUT2D eigenvalue weighted by Crippen LogP contribution is -2.17. The van der Waals surface area contributed by atoms with Crippen LogP contribution in [0.25, 0.3) is 0 Å². The van der Waals surface area contributed by atoms with Gasteiger partial charge in [0, 0.05) is 18.0 Å². The molecule has 4 N–H and O–H groups in total. The van der Waals surface area contributed by atoms with E-state index in [1.807, 2.05) is 0 Å². The lowest BCUT2D eigenvalue weighted by atomic mass is 10.2. The summed E-state index contributed by atoms with van der Waals surface area (Å²) >= 11 is 4.65. The fourth-order valence-corrected chi connectivity index (χ4v) is 2.53. The third-order valence-electron chi connectivity index (χ3n) is 2.24. The topological polar surface area (TPSA) is 101 Å². The summed E-state index contributed by atoms with van der Waals surface area (Å²) in [5.41, 5.74) is 5.19. The zero-order valence-corrected chi connectivity index (χ0v) is 11.1. The number of imidazole rings is 1. The molecule has 19 heavy (non-hydrogen) atoms. The third kappa shape index (κ3) is 2.88. The van der Waals surface area contributed by atoms with Gasteiger partial charge in [-0.05, 0) is 18.2 Å². The summed E-state index contributed by atoms with van der Waals surface area (Å²) < 4.78 is 39.6. The number of halogens is 1. The minimum atomic E-state index is -3.88. The summed E-state index contributed by atoms with van der Waals surface area (Å²) in [6.07, 6.45) is 2.85. The van der Waals surface area contributed by atoms with Crippen molar-refractivity contribution in [3.63, 3.8) is 0 Å². The fourth-order valence-electron chi connectivity index (χ4n) is 1.37. The van der Waals surface area contributed by atoms with Crippen molar-refractivity contribution in [2.45, 2.75) is 4.90 Å². The molecule has 2 aromatic rings. The van der Waals surface area contributed by atoms with Gasteiger partial charge in [0.05, 0.1) is 4.90 Å². The molecule has 0 aliphatic carbocycles. The van der Waals surface area contributed by atoms with Crippen LogP contribution in [0.3, 0.4) is 0 Å². The maximum absolute atomic E-state index is 13.4. The molecule has 0 saturated carbocycles. The van der Waals surface area contributed by atoms with Crippen molar-refractivity contribution in [1.82, 2.24) is 9.97 Å². The van der Waals surface area contributed by atoms with Crippen molar-refractivity contribution in [2.24, 2.45) is 5.73 Å². The Balaban J connectivity index is 2.41. The van der Waals surface area contributed by atoms with Crippen molar-refractivity contribution >= 4 is 33.2 Å². The van der Waals surface area contributed by atoms with Crippen molar-refractivity contribution in [2.75, 3.05) is 4.72 Å². The minimum Gasteiger partial charge on any atom is -0.389 e. The molecule has 1 aromatic heterocycles. The molecule has 0 amide bonds. The third-order valence-corrected chi connectivity index (χ3v) is 3.80. The normalized spacial score (nSPS) is 11.2. The van der Waals surface area contributed by atoms with Gasteiger partial charge in [0.1, 0.15) is 10.8 Å². The lowest BCUT2D eigenvalue weighted by molar-refractivity contribution is 0.599. The van der Waals surface area contributed by atoms with Gasteiger partial charge >= 0.3 is 0 Å². The second kappa shape index (κ2) is 4.94. The number of rotatable bonds is 4. The summed E-state index contributed by atoms with van der Waals surface area (Å²) in [4.78, 5) is 5.94. The molecule has 0 unspecified atom stereocenters. The zero-order valence-electron chi connectivity index (χ0n) is 9.42. The Bertz CT molecular complexity index is 713. The highest BCUT2D eigenvalue weighted by molar-refractivity contribution is 7.92. The van der Waals surface area contributed by atoms with E-state index in [1.54, 1.807) is 0 Å². The molecule has 0 atom stereocenters. The number of sulfonamides is 1. The van der Waals surface area contributed by atoms with Crippen LogP contribution in [0.15, 0.2) is 35.5 Å². The van der Waals surface area contributed by atoms with E-state index < -0.39 is 15.8 Å². The van der Waals surface area contributed by atoms with Gasteiger partial charge in [-0.15, -0.1) is 0 Å². The predicted octanol–water partition coefficient (Wildman–Crippen LogP) is 0.984. The van der Waals surface area contributed by atoms with E-state index in [1.165, 1.54) is 12.4 Å². The molecule has 0 bridgehead atoms. The van der Waals surface area contributed by atoms with Crippen LogP contribution in [0.1, 0.15) is 5.56 Å². The summed E-state index contributed by atoms with van der Waals surface area (Å²) in [6, 6.07) is 3.18. The van der Waals surface area contributed by atoms with Crippen LogP contribution in [-0.4, -0.2) is 23.4 Å². The highest BCUT2D eigenvalue weighted by atomic mass is 32.2. The molecule has 1 heterocycles. The van der Waals surface area contributed by atoms with E-state index in [2.05, 4.69) is 26.9 Å². The molecule has 0 aliphatic rings. The number of nitrogens with zero attached hydrogens (tertiary/aromatic N) is 1. The molecular weight excluding hydrogens is 291 g/mol. The number of H-pyrrole nitrogens is 1. The van der Waals surface area contributed by atoms with Gasteiger partial charge < -0.3 is 10.7 Å². The number of hydrogen-bond donors (Lipinski definition) is 3. The Labute approximate surface area is 113 Å². The number of benzene rings is 1. The molecule has 6 nitrogen and oxygen atoms in total. The highest BCUT2D eigenvalue weighted by Crippen LogP contribution is 2.17. The molecular formula is C10H9FN4O2S2. The van der Waals surface area contributed by atoms with Crippen molar-refractivity contribution in [1.29, 1.82) is 0 Å². The van der Waals surface area contributed by atoms with E-state index in [0.717, 1.165) is 18.2 Å². The van der Waals surface area contributed by atoms with E-state index >= 15 is 0 Å². The van der Waals surface area contributed by atoms with Gasteiger partial charge in [0.25, 0.3) is 10.0 Å². The molecule has 1 aromatic carbocycles. The number of nitrogens with two attached hydrogens (primary N) is 1. The maximum atomic E-state index is 13.4. The Kier molecular flexibility index (Phi) is 3.49. The SMILES string of the molecule is NC(=S)c1cc(S(=O)(=O)Nc2ncc[nH]2)ccc1F. The number of aromatic nitrogens is 2. The van der Waals surface area contributed by atoms with Gasteiger partial charge in [0.2, 0.25) is 5.95 Å². The Morgan fingerprint density at radius 3 is 2.79 bits per heavy atom. The summed E-state index contributed by atoms with van der Waals surface area (Å²) in [5.74, 6) is -0.620. The molecule has 0 aliphatic heterocycles. The summed E-state index contributed by atoms with van der Waals surface area (Å²) in [7, 11) is -3.88. The van der Waals surface area contributed by atoms with Gasteiger partial charge in [-0.25, -0.2) is 22.5 Å². The van der Waals surface area contributed by atoms with Gasteiger partial charge in [-0.3, -0.25) is 0 Å². The zero-order chi connectivity index (χ0) is 14.0. The minimum absolute atomic E-state index is 0.0567. The highest BCUT2D eigenvalue weighted by Gasteiger charge is 2.18. The van der Waals surface area contributed by atoms with E-state index in [9.17, 15) is 12.8 Å². The molecule has 0 fully saturated rings. The monoisotopic (exact) mass is 300 g/mol. The second-order valence-electron chi connectivity index (χ2n) is 3.55. The van der Waals surface area contributed by atoms with Gasteiger partial charge in [-0.1, -0.05) is 12.2 Å². The first-order chi connectivity index (χ1) is 8.90. The standard InChI is InChI=1S/C10H9FN4O2S2/c11-8-2-1-6(5-7(8)9(12)18)19(16,17)15-10-13-3-4-14-10/h1-5H,(H2,12,18)(H2,13,14,15). The van der Waals surface area contributed by atoms with E-state index in [4.69, 9.17) is 5.73 Å². The maximum Gasteiger partial charge on any atom is 0.264 e. The fraction of sp³-hybridized carbons (Fsp3) is 0. The second-order valence-corrected chi connectivity index (χ2v) is 5.67. The quantitative estimate of drug-likeness (QED) is 0.731. The molecule has 0 radical (unpaired) electrons. The van der Waals surface area contributed by atoms with Crippen LogP contribution in [0.5, 0.6) is 0 Å². The van der Waals surface area contributed by atoms with Crippen LogP contribution in [-0.2, 0) is 10.0 Å². The van der Waals surface area contributed by atoms with Crippen molar-refractivity contribution in [3.8, 4) is 0 Å². The van der Waals surface area contributed by atoms with E-state index in [-0.39, 0.29) is 21.4 Å². The lowest BCUT2D eigenvalue weighted by Gasteiger charge is -2.07. The molecule has 0 saturated heterocycles. The Hall–Kier alpha value is -2.00. The summed E-state index contributed by atoms with van der Waals surface area (Å²) in [5, 5.41) is 0. The molecule has 100 valence electrons. The number of anilines is 1. The predicted molar refractivity (Wildman–Crippen MR) is 71.7 cm³/mol. The molecule has 0 spiro atoms. The van der Waals surface area contributed by atoms with Crippen LogP contribution in [0.4, 0.5) is 10.3 Å².